The van der Waals surface area contributed by atoms with Crippen molar-refractivity contribution in [1.82, 2.24) is 35.3 Å². The molecule has 0 unspecified atom stereocenters. The maximum Gasteiger partial charge on any atom is 0.408 e. The van der Waals surface area contributed by atoms with Gasteiger partial charge in [-0.15, -0.1) is 10.2 Å². The number of hydrogen-bond donors (Lipinski definition) is 1. The van der Waals surface area contributed by atoms with Crippen LogP contribution in [0.2, 0.25) is 0 Å². The lowest BCUT2D eigenvalue weighted by molar-refractivity contribution is -0.385. The summed E-state index contributed by atoms with van der Waals surface area (Å²) in [5.74, 6) is -0.781. The van der Waals surface area contributed by atoms with Crippen molar-refractivity contribution in [3.63, 3.8) is 0 Å². The van der Waals surface area contributed by atoms with Crippen LogP contribution in [0.15, 0.2) is 91.3 Å². The lowest BCUT2D eigenvalue weighted by Gasteiger charge is -2.16. The van der Waals surface area contributed by atoms with Crippen LogP contribution >= 0.6 is 0 Å². The number of alkyl carbamates (subject to hydrolysis) is 1. The van der Waals surface area contributed by atoms with E-state index in [1.165, 1.54) is 33.6 Å². The minimum absolute atomic E-state index is 0.0161. The van der Waals surface area contributed by atoms with Crippen LogP contribution in [-0.2, 0) is 47.0 Å². The van der Waals surface area contributed by atoms with Crippen molar-refractivity contribution in [3.05, 3.63) is 140 Å². The van der Waals surface area contributed by atoms with E-state index < -0.39 is 28.0 Å². The Balaban J connectivity index is 1.21. The summed E-state index contributed by atoms with van der Waals surface area (Å²) >= 11 is 0. The summed E-state index contributed by atoms with van der Waals surface area (Å²) in [5, 5.41) is 40.5. The third kappa shape index (κ3) is 9.24. The highest BCUT2D eigenvalue weighted by molar-refractivity contribution is 5.81. The predicted octanol–water partition coefficient (Wildman–Crippen LogP) is 3.36. The van der Waals surface area contributed by atoms with E-state index in [-0.39, 0.29) is 44.1 Å². The van der Waals surface area contributed by atoms with Gasteiger partial charge in [0.15, 0.2) is 0 Å². The van der Waals surface area contributed by atoms with Crippen LogP contribution in [0.1, 0.15) is 28.1 Å². The fraction of sp³-hybridized carbons (Fsp3) is 0.200. The van der Waals surface area contributed by atoms with E-state index in [0.717, 1.165) is 16.7 Å². The average molecular weight is 642 g/mol. The molecule has 17 nitrogen and oxygen atoms in total. The molecule has 17 heteroatoms. The molecule has 5 aromatic rings. The fourth-order valence-electron chi connectivity index (χ4n) is 4.37. The Hall–Kier alpha value is -6.52. The van der Waals surface area contributed by atoms with Crippen LogP contribution < -0.4 is 5.32 Å². The van der Waals surface area contributed by atoms with Gasteiger partial charge in [-0.3, -0.25) is 20.2 Å². The number of nitro groups is 2. The lowest BCUT2D eigenvalue weighted by Crippen LogP contribution is -2.43. The van der Waals surface area contributed by atoms with E-state index in [1.54, 1.807) is 60.9 Å². The van der Waals surface area contributed by atoms with Gasteiger partial charge in [0, 0.05) is 36.9 Å². The first kappa shape index (κ1) is 31.9. The van der Waals surface area contributed by atoms with Crippen molar-refractivity contribution in [2.45, 2.75) is 38.8 Å². The smallest absolute Gasteiger partial charge is 0.408 e. The Morgan fingerprint density at radius 1 is 0.702 bits per heavy atom. The number of esters is 1. The molecule has 0 saturated heterocycles. The standard InChI is InChI=1S/C30H27N9O8/c40-29(46-20-25-18-37(35-33-25)16-22-8-12-27(13-9-22)39(44)45)28(31-30(41)47-19-23-4-2-1-3-5-23)14-24-17-36(34-32-24)15-21-6-10-26(11-7-21)38(42)43/h1-13,17-18,28H,14-16,19-20H2,(H,31,41)/t28-/m1/s1. The molecule has 0 aliphatic carbocycles. The van der Waals surface area contributed by atoms with Crippen molar-refractivity contribution in [1.29, 1.82) is 0 Å². The van der Waals surface area contributed by atoms with Crippen molar-refractivity contribution >= 4 is 23.4 Å². The summed E-state index contributed by atoms with van der Waals surface area (Å²) in [6.07, 6.45) is 2.23. The molecule has 2 aromatic heterocycles. The van der Waals surface area contributed by atoms with Crippen LogP contribution in [0.4, 0.5) is 16.2 Å². The molecule has 3 aromatic carbocycles. The normalized spacial score (nSPS) is 11.4. The number of hydrogen-bond acceptors (Lipinski definition) is 12. The Bertz CT molecular complexity index is 1840. The molecule has 0 spiro atoms. The van der Waals surface area contributed by atoms with Crippen LogP contribution in [0.5, 0.6) is 0 Å². The average Bonchev–Trinajstić information content (AvgIpc) is 3.72. The maximum absolute atomic E-state index is 13.2. The van der Waals surface area contributed by atoms with Crippen molar-refractivity contribution in [3.8, 4) is 0 Å². The molecule has 0 bridgehead atoms. The fourth-order valence-corrected chi connectivity index (χ4v) is 4.37. The molecule has 1 N–H and O–H groups in total. The van der Waals surface area contributed by atoms with E-state index in [0.29, 0.717) is 11.4 Å². The predicted molar refractivity (Wildman–Crippen MR) is 161 cm³/mol. The molecule has 2 heterocycles. The molecule has 47 heavy (non-hydrogen) atoms. The van der Waals surface area contributed by atoms with E-state index in [4.69, 9.17) is 9.47 Å². The van der Waals surface area contributed by atoms with Gasteiger partial charge in [0.05, 0.1) is 34.8 Å². The number of non-ortho nitro benzene ring substituents is 2. The molecule has 5 rings (SSSR count). The van der Waals surface area contributed by atoms with Gasteiger partial charge in [0.25, 0.3) is 11.4 Å². The third-order valence-electron chi connectivity index (χ3n) is 6.72. The molecule has 1 atom stereocenters. The van der Waals surface area contributed by atoms with Crippen molar-refractivity contribution in [2.75, 3.05) is 0 Å². The second-order valence-electron chi connectivity index (χ2n) is 10.2. The summed E-state index contributed by atoms with van der Waals surface area (Å²) in [4.78, 5) is 46.7. The quantitative estimate of drug-likeness (QED) is 0.105. The lowest BCUT2D eigenvalue weighted by atomic mass is 10.1. The number of carbonyl (C=O) groups is 2. The Morgan fingerprint density at radius 2 is 1.23 bits per heavy atom. The van der Waals surface area contributed by atoms with Crippen LogP contribution in [0.3, 0.4) is 0 Å². The highest BCUT2D eigenvalue weighted by atomic mass is 16.6. The zero-order chi connectivity index (χ0) is 33.2. The Kier molecular flexibility index (Phi) is 10.2. The highest BCUT2D eigenvalue weighted by Crippen LogP contribution is 2.14. The first-order valence-electron chi connectivity index (χ1n) is 14.1. The summed E-state index contributed by atoms with van der Waals surface area (Å²) < 4.78 is 13.7. The number of carbonyl (C=O) groups excluding carboxylic acids is 2. The molecule has 0 aliphatic heterocycles. The van der Waals surface area contributed by atoms with Crippen molar-refractivity contribution in [2.24, 2.45) is 0 Å². The summed E-state index contributed by atoms with van der Waals surface area (Å²) in [6, 6.07) is 19.8. The summed E-state index contributed by atoms with van der Waals surface area (Å²) in [6.45, 7) is 0.287. The van der Waals surface area contributed by atoms with E-state index in [9.17, 15) is 29.8 Å². The van der Waals surface area contributed by atoms with Crippen LogP contribution in [-0.4, -0.2) is 57.9 Å². The minimum Gasteiger partial charge on any atom is -0.457 e. The number of nitrogens with zero attached hydrogens (tertiary/aromatic N) is 8. The first-order valence-corrected chi connectivity index (χ1v) is 14.1. The maximum atomic E-state index is 13.2. The molecule has 0 saturated carbocycles. The topological polar surface area (TPSA) is 212 Å². The summed E-state index contributed by atoms with van der Waals surface area (Å²) in [7, 11) is 0. The molecule has 1 amide bonds. The van der Waals surface area contributed by atoms with E-state index in [1.807, 2.05) is 6.07 Å². The molecular formula is C30H27N9O8. The number of aromatic nitrogens is 6. The van der Waals surface area contributed by atoms with Gasteiger partial charge in [-0.2, -0.15) is 0 Å². The monoisotopic (exact) mass is 641 g/mol. The highest BCUT2D eigenvalue weighted by Gasteiger charge is 2.25. The van der Waals surface area contributed by atoms with Crippen LogP contribution in [0.25, 0.3) is 0 Å². The van der Waals surface area contributed by atoms with Crippen molar-refractivity contribution < 1.29 is 28.9 Å². The molecular weight excluding hydrogens is 614 g/mol. The first-order chi connectivity index (χ1) is 22.7. The molecule has 0 fully saturated rings. The van der Waals surface area contributed by atoms with Gasteiger partial charge in [0.1, 0.15) is 24.9 Å². The third-order valence-corrected chi connectivity index (χ3v) is 6.72. The van der Waals surface area contributed by atoms with Crippen LogP contribution in [0, 0.1) is 20.2 Å². The van der Waals surface area contributed by atoms with Gasteiger partial charge in [-0.25, -0.2) is 19.0 Å². The molecule has 0 aliphatic rings. The number of ether oxygens (including phenoxy) is 2. The summed E-state index contributed by atoms with van der Waals surface area (Å²) in [5.41, 5.74) is 2.89. The number of benzene rings is 3. The molecule has 240 valence electrons. The Morgan fingerprint density at radius 3 is 1.79 bits per heavy atom. The SMILES string of the molecule is O=C(N[C@H](Cc1cn(Cc2ccc([N+](=O)[O-])cc2)nn1)C(=O)OCc1cn(Cc2ccc([N+](=O)[O-])cc2)nn1)OCc1ccccc1. The van der Waals surface area contributed by atoms with Gasteiger partial charge >= 0.3 is 12.1 Å². The Labute approximate surface area is 266 Å². The number of amides is 1. The minimum atomic E-state index is -1.20. The van der Waals surface area contributed by atoms with Gasteiger partial charge in [0.2, 0.25) is 0 Å². The second-order valence-corrected chi connectivity index (χ2v) is 10.2. The second kappa shape index (κ2) is 15.0. The van der Waals surface area contributed by atoms with Gasteiger partial charge in [-0.05, 0) is 16.7 Å². The van der Waals surface area contributed by atoms with E-state index >= 15 is 0 Å². The van der Waals surface area contributed by atoms with Gasteiger partial charge in [-0.1, -0.05) is 65.0 Å². The van der Waals surface area contributed by atoms with Gasteiger partial charge < -0.3 is 14.8 Å². The zero-order valence-corrected chi connectivity index (χ0v) is 24.6. The number of nitrogens with one attached hydrogen (secondary N) is 1. The van der Waals surface area contributed by atoms with E-state index in [2.05, 4.69) is 25.9 Å². The number of rotatable bonds is 14. The molecule has 0 radical (unpaired) electrons. The largest absolute Gasteiger partial charge is 0.457 e. The number of nitro benzene ring substituents is 2. The zero-order valence-electron chi connectivity index (χ0n) is 24.6.